The van der Waals surface area contributed by atoms with Crippen LogP contribution in [-0.4, -0.2) is 44.2 Å². The van der Waals surface area contributed by atoms with Crippen molar-refractivity contribution >= 4 is 37.7 Å². The minimum absolute atomic E-state index is 0.148. The Balaban J connectivity index is 1.64. The van der Waals surface area contributed by atoms with E-state index in [4.69, 9.17) is 4.74 Å². The molecule has 0 amide bonds. The summed E-state index contributed by atoms with van der Waals surface area (Å²) in [6.45, 7) is 0.641. The summed E-state index contributed by atoms with van der Waals surface area (Å²) in [5.74, 6) is -1.01. The van der Waals surface area contributed by atoms with Gasteiger partial charge in [-0.2, -0.15) is 4.31 Å². The number of esters is 1. The van der Waals surface area contributed by atoms with Crippen molar-refractivity contribution in [2.45, 2.75) is 24.2 Å². The molecular formula is C20H20BrNO5S. The standard InChI is InChI=1S/C20H20BrNO5S/c21-18-7-3-2-6-17(18)19(23)14-27-20(24)15-8-10-16(11-9-15)28(25,26)22-12-4-1-5-13-22/h2-3,6-11H,1,4-5,12-14H2. The van der Waals surface area contributed by atoms with Gasteiger partial charge in [0.05, 0.1) is 10.5 Å². The fraction of sp³-hybridized carbons (Fsp3) is 0.300. The van der Waals surface area contributed by atoms with Crippen molar-refractivity contribution in [2.75, 3.05) is 19.7 Å². The predicted molar refractivity (Wildman–Crippen MR) is 108 cm³/mol. The number of sulfonamides is 1. The molecule has 148 valence electrons. The molecule has 0 bridgehead atoms. The number of hydrogen-bond donors (Lipinski definition) is 0. The lowest BCUT2D eigenvalue weighted by atomic mass is 10.1. The van der Waals surface area contributed by atoms with Crippen molar-refractivity contribution in [1.29, 1.82) is 0 Å². The van der Waals surface area contributed by atoms with Gasteiger partial charge in [0.15, 0.2) is 6.61 Å². The number of benzene rings is 2. The number of carbonyl (C=O) groups excluding carboxylic acids is 2. The number of Topliss-reactive ketones (excluding diaryl/α,β-unsaturated/α-hetero) is 1. The molecule has 0 aromatic heterocycles. The van der Waals surface area contributed by atoms with E-state index in [2.05, 4.69) is 15.9 Å². The lowest BCUT2D eigenvalue weighted by molar-refractivity contribution is 0.0474. The normalized spacial score (nSPS) is 15.2. The SMILES string of the molecule is O=C(OCC(=O)c1ccccc1Br)c1ccc(S(=O)(=O)N2CCCCC2)cc1. The molecule has 1 fully saturated rings. The maximum atomic E-state index is 12.6. The second-order valence-electron chi connectivity index (χ2n) is 6.47. The van der Waals surface area contributed by atoms with E-state index in [-0.39, 0.29) is 16.2 Å². The molecule has 0 unspecified atom stereocenters. The Morgan fingerprint density at radius 3 is 2.25 bits per heavy atom. The zero-order chi connectivity index (χ0) is 20.1. The van der Waals surface area contributed by atoms with Gasteiger partial charge in [-0.3, -0.25) is 4.79 Å². The minimum Gasteiger partial charge on any atom is -0.454 e. The molecule has 0 N–H and O–H groups in total. The number of carbonyl (C=O) groups is 2. The largest absolute Gasteiger partial charge is 0.454 e. The Morgan fingerprint density at radius 2 is 1.61 bits per heavy atom. The number of ketones is 1. The molecule has 1 saturated heterocycles. The summed E-state index contributed by atoms with van der Waals surface area (Å²) in [6.07, 6.45) is 2.75. The fourth-order valence-electron chi connectivity index (χ4n) is 3.00. The lowest BCUT2D eigenvalue weighted by Gasteiger charge is -2.25. The second-order valence-corrected chi connectivity index (χ2v) is 9.26. The smallest absolute Gasteiger partial charge is 0.338 e. The molecule has 0 radical (unpaired) electrons. The van der Waals surface area contributed by atoms with E-state index in [0.29, 0.717) is 23.1 Å². The molecule has 0 spiro atoms. The number of nitrogens with zero attached hydrogens (tertiary/aromatic N) is 1. The first-order valence-corrected chi connectivity index (χ1v) is 11.2. The summed E-state index contributed by atoms with van der Waals surface area (Å²) in [5.41, 5.74) is 0.621. The van der Waals surface area contributed by atoms with Gasteiger partial charge in [-0.1, -0.05) is 40.5 Å². The van der Waals surface area contributed by atoms with Gasteiger partial charge in [-0.15, -0.1) is 0 Å². The number of halogens is 1. The fourth-order valence-corrected chi connectivity index (χ4v) is 5.02. The minimum atomic E-state index is -3.55. The molecule has 1 heterocycles. The van der Waals surface area contributed by atoms with Gasteiger partial charge in [0.2, 0.25) is 15.8 Å². The van der Waals surface area contributed by atoms with Crippen LogP contribution in [0.15, 0.2) is 57.9 Å². The first-order valence-electron chi connectivity index (χ1n) is 8.94. The summed E-state index contributed by atoms with van der Waals surface area (Å²) >= 11 is 3.29. The highest BCUT2D eigenvalue weighted by atomic mass is 79.9. The lowest BCUT2D eigenvalue weighted by Crippen LogP contribution is -2.35. The summed E-state index contributed by atoms with van der Waals surface area (Å²) in [4.78, 5) is 24.5. The number of piperidine rings is 1. The Bertz CT molecular complexity index is 966. The van der Waals surface area contributed by atoms with Crippen LogP contribution in [-0.2, 0) is 14.8 Å². The molecule has 0 aliphatic carbocycles. The second kappa shape index (κ2) is 8.98. The van der Waals surface area contributed by atoms with Gasteiger partial charge < -0.3 is 4.74 Å². The van der Waals surface area contributed by atoms with Gasteiger partial charge in [-0.05, 0) is 43.2 Å². The van der Waals surface area contributed by atoms with Crippen LogP contribution in [0.5, 0.6) is 0 Å². The third-order valence-electron chi connectivity index (χ3n) is 4.55. The predicted octanol–water partition coefficient (Wildman–Crippen LogP) is 3.66. The van der Waals surface area contributed by atoms with Gasteiger partial charge in [0, 0.05) is 23.1 Å². The van der Waals surface area contributed by atoms with E-state index in [0.717, 1.165) is 19.3 Å². The monoisotopic (exact) mass is 465 g/mol. The van der Waals surface area contributed by atoms with Crippen molar-refractivity contribution < 1.29 is 22.7 Å². The van der Waals surface area contributed by atoms with Crippen LogP contribution in [0, 0.1) is 0 Å². The van der Waals surface area contributed by atoms with Crippen LogP contribution in [0.25, 0.3) is 0 Å². The maximum absolute atomic E-state index is 12.6. The highest BCUT2D eigenvalue weighted by Crippen LogP contribution is 2.21. The molecule has 2 aromatic carbocycles. The van der Waals surface area contributed by atoms with Crippen LogP contribution in [0.4, 0.5) is 0 Å². The number of rotatable bonds is 6. The van der Waals surface area contributed by atoms with Crippen LogP contribution in [0.1, 0.15) is 40.0 Å². The van der Waals surface area contributed by atoms with Crippen LogP contribution < -0.4 is 0 Å². The summed E-state index contributed by atoms with van der Waals surface area (Å²) in [7, 11) is -3.55. The van der Waals surface area contributed by atoms with E-state index < -0.39 is 22.6 Å². The summed E-state index contributed by atoms with van der Waals surface area (Å²) < 4.78 is 32.4. The summed E-state index contributed by atoms with van der Waals surface area (Å²) in [6, 6.07) is 12.5. The number of hydrogen-bond acceptors (Lipinski definition) is 5. The Kier molecular flexibility index (Phi) is 6.64. The average molecular weight is 466 g/mol. The Hall–Kier alpha value is -2.03. The molecular weight excluding hydrogens is 446 g/mol. The molecule has 0 saturated carbocycles. The first-order chi connectivity index (χ1) is 13.4. The third kappa shape index (κ3) is 4.68. The van der Waals surface area contributed by atoms with Crippen LogP contribution >= 0.6 is 15.9 Å². The maximum Gasteiger partial charge on any atom is 0.338 e. The molecule has 3 rings (SSSR count). The quantitative estimate of drug-likeness (QED) is 0.480. The molecule has 8 heteroatoms. The van der Waals surface area contributed by atoms with Gasteiger partial charge in [0.25, 0.3) is 0 Å². The van der Waals surface area contributed by atoms with Crippen molar-refractivity contribution in [3.63, 3.8) is 0 Å². The van der Waals surface area contributed by atoms with E-state index in [1.807, 2.05) is 0 Å². The van der Waals surface area contributed by atoms with E-state index in [1.165, 1.54) is 28.6 Å². The van der Waals surface area contributed by atoms with Gasteiger partial charge in [0.1, 0.15) is 0 Å². The third-order valence-corrected chi connectivity index (χ3v) is 7.16. The van der Waals surface area contributed by atoms with E-state index in [9.17, 15) is 18.0 Å². The van der Waals surface area contributed by atoms with Crippen molar-refractivity contribution in [2.24, 2.45) is 0 Å². The number of ether oxygens (including phenoxy) is 1. The van der Waals surface area contributed by atoms with Crippen molar-refractivity contribution in [3.8, 4) is 0 Å². The van der Waals surface area contributed by atoms with Crippen LogP contribution in [0.2, 0.25) is 0 Å². The van der Waals surface area contributed by atoms with Crippen molar-refractivity contribution in [3.05, 3.63) is 64.1 Å². The Labute approximate surface area is 172 Å². The zero-order valence-electron chi connectivity index (χ0n) is 15.1. The summed E-state index contributed by atoms with van der Waals surface area (Å²) in [5, 5.41) is 0. The first kappa shape index (κ1) is 20.7. The molecule has 0 atom stereocenters. The van der Waals surface area contributed by atoms with Gasteiger partial charge >= 0.3 is 5.97 Å². The molecule has 1 aliphatic rings. The molecule has 2 aromatic rings. The van der Waals surface area contributed by atoms with Gasteiger partial charge in [-0.25, -0.2) is 13.2 Å². The molecule has 28 heavy (non-hydrogen) atoms. The molecule has 6 nitrogen and oxygen atoms in total. The van der Waals surface area contributed by atoms with Crippen LogP contribution in [0.3, 0.4) is 0 Å². The zero-order valence-corrected chi connectivity index (χ0v) is 17.5. The van der Waals surface area contributed by atoms with E-state index in [1.54, 1.807) is 24.3 Å². The van der Waals surface area contributed by atoms with E-state index >= 15 is 0 Å². The average Bonchev–Trinajstić information content (AvgIpc) is 2.73. The Morgan fingerprint density at radius 1 is 0.964 bits per heavy atom. The van der Waals surface area contributed by atoms with Crippen molar-refractivity contribution in [1.82, 2.24) is 4.31 Å². The highest BCUT2D eigenvalue weighted by molar-refractivity contribution is 9.10. The molecule has 1 aliphatic heterocycles. The topological polar surface area (TPSA) is 80.8 Å². The highest BCUT2D eigenvalue weighted by Gasteiger charge is 2.26.